The molecule has 2 atom stereocenters. The van der Waals surface area contributed by atoms with Crippen LogP contribution in [0.3, 0.4) is 0 Å². The number of rotatable bonds is 8. The molecule has 1 N–H and O–H groups in total. The summed E-state index contributed by atoms with van der Waals surface area (Å²) in [5, 5.41) is 16.4. The number of carbonyl (C=O) groups is 1. The monoisotopic (exact) mass is 467 g/mol. The summed E-state index contributed by atoms with van der Waals surface area (Å²) in [6.07, 6.45) is 3.44. The molecule has 0 radical (unpaired) electrons. The fourth-order valence-corrected chi connectivity index (χ4v) is 6.78. The van der Waals surface area contributed by atoms with Gasteiger partial charge in [-0.2, -0.15) is 10.4 Å². The number of aromatic nitrogens is 2. The first-order valence-corrected chi connectivity index (χ1v) is 13.3. The number of hydrogen-bond donors (Lipinski definition) is 1. The molecule has 174 valence electrons. The van der Waals surface area contributed by atoms with Crippen molar-refractivity contribution in [2.24, 2.45) is 5.92 Å². The van der Waals surface area contributed by atoms with E-state index >= 15 is 0 Å². The molecule has 1 aromatic heterocycles. The van der Waals surface area contributed by atoms with Gasteiger partial charge in [0.2, 0.25) is 5.91 Å². The lowest BCUT2D eigenvalue weighted by Gasteiger charge is -2.27. The predicted octanol–water partition coefficient (Wildman–Crippen LogP) is 2.18. The third-order valence-electron chi connectivity index (χ3n) is 6.91. The maximum atomic E-state index is 13.3. The first kappa shape index (κ1) is 22.0. The molecule has 3 aliphatic rings. The maximum absolute atomic E-state index is 13.3. The molecule has 0 spiro atoms. The number of benzene rings is 1. The van der Waals surface area contributed by atoms with E-state index in [0.29, 0.717) is 19.4 Å². The number of sulfone groups is 1. The van der Waals surface area contributed by atoms with Gasteiger partial charge in [-0.1, -0.05) is 30.3 Å². The Bertz CT molecular complexity index is 1190. The molecule has 2 saturated carbocycles. The Hall–Kier alpha value is -2.86. The fourth-order valence-electron chi connectivity index (χ4n) is 4.65. The van der Waals surface area contributed by atoms with Crippen LogP contribution in [0.2, 0.25) is 0 Å². The first-order chi connectivity index (χ1) is 15.8. The highest BCUT2D eigenvalue weighted by Gasteiger charge is 2.50. The zero-order valence-electron chi connectivity index (χ0n) is 18.8. The maximum Gasteiger partial charge on any atom is 0.244 e. The summed E-state index contributed by atoms with van der Waals surface area (Å²) in [6.45, 7) is 2.68. The topological polar surface area (TPSA) is 108 Å². The van der Waals surface area contributed by atoms with E-state index in [1.165, 1.54) is 0 Å². The normalized spacial score (nSPS) is 23.8. The van der Waals surface area contributed by atoms with E-state index in [2.05, 4.69) is 16.5 Å². The second kappa shape index (κ2) is 8.17. The Labute approximate surface area is 194 Å². The first-order valence-electron chi connectivity index (χ1n) is 11.6. The molecule has 1 aromatic carbocycles. The SMILES string of the molecule is Cc1cc(N2CC(S(=O)(=O)CC3CC3)CC2C(=O)NC2(C#N)CC2)n(Cc2ccccc2)n1. The molecule has 2 unspecified atom stereocenters. The Balaban J connectivity index is 1.45. The van der Waals surface area contributed by atoms with Crippen molar-refractivity contribution in [2.45, 2.75) is 62.4 Å². The second-order valence-electron chi connectivity index (χ2n) is 9.77. The molecule has 1 amide bonds. The van der Waals surface area contributed by atoms with E-state index in [-0.39, 0.29) is 30.5 Å². The molecule has 1 aliphatic heterocycles. The highest BCUT2D eigenvalue weighted by atomic mass is 32.2. The molecule has 2 heterocycles. The molecule has 1 saturated heterocycles. The molecule has 2 aromatic rings. The minimum atomic E-state index is -3.32. The van der Waals surface area contributed by atoms with Crippen LogP contribution < -0.4 is 10.2 Å². The lowest BCUT2D eigenvalue weighted by atomic mass is 10.1. The van der Waals surface area contributed by atoms with Crippen molar-refractivity contribution in [1.29, 1.82) is 5.26 Å². The number of nitriles is 1. The van der Waals surface area contributed by atoms with E-state index in [4.69, 9.17) is 0 Å². The van der Waals surface area contributed by atoms with Crippen molar-refractivity contribution < 1.29 is 13.2 Å². The zero-order chi connectivity index (χ0) is 23.2. The largest absolute Gasteiger partial charge is 0.343 e. The minimum absolute atomic E-state index is 0.199. The van der Waals surface area contributed by atoms with Gasteiger partial charge in [-0.05, 0) is 50.5 Å². The highest BCUT2D eigenvalue weighted by Crippen LogP contribution is 2.38. The zero-order valence-corrected chi connectivity index (χ0v) is 19.6. The average molecular weight is 468 g/mol. The average Bonchev–Trinajstić information content (AvgIpc) is 3.67. The Kier molecular flexibility index (Phi) is 5.44. The molecule has 9 heteroatoms. The van der Waals surface area contributed by atoms with Gasteiger partial charge in [-0.25, -0.2) is 13.1 Å². The minimum Gasteiger partial charge on any atom is -0.343 e. The van der Waals surface area contributed by atoms with Gasteiger partial charge in [-0.3, -0.25) is 4.79 Å². The summed E-state index contributed by atoms with van der Waals surface area (Å²) in [6, 6.07) is 13.4. The summed E-state index contributed by atoms with van der Waals surface area (Å²) < 4.78 is 28.1. The van der Waals surface area contributed by atoms with Gasteiger partial charge in [-0.15, -0.1) is 0 Å². The van der Waals surface area contributed by atoms with E-state index in [9.17, 15) is 18.5 Å². The van der Waals surface area contributed by atoms with Gasteiger partial charge >= 0.3 is 0 Å². The standard InChI is InChI=1S/C24H29N5O3S/c1-17-11-22(29(27-17)13-18-5-3-2-4-6-18)28-14-20(33(31,32)15-19-7-8-19)12-21(28)23(30)26-24(16-25)9-10-24/h2-6,11,19-21H,7-10,12-15H2,1H3,(H,26,30). The van der Waals surface area contributed by atoms with Crippen LogP contribution in [0.25, 0.3) is 0 Å². The van der Waals surface area contributed by atoms with Crippen LogP contribution in [0, 0.1) is 24.2 Å². The predicted molar refractivity (Wildman–Crippen MR) is 124 cm³/mol. The van der Waals surface area contributed by atoms with Gasteiger partial charge in [0.25, 0.3) is 0 Å². The van der Waals surface area contributed by atoms with Gasteiger partial charge < -0.3 is 10.2 Å². The molecule has 0 bridgehead atoms. The second-order valence-corrected chi connectivity index (χ2v) is 12.1. The Morgan fingerprint density at radius 2 is 2.00 bits per heavy atom. The van der Waals surface area contributed by atoms with Crippen molar-refractivity contribution in [3.05, 3.63) is 47.7 Å². The summed E-state index contributed by atoms with van der Waals surface area (Å²) in [5.41, 5.74) is 1.08. The van der Waals surface area contributed by atoms with Gasteiger partial charge in [0, 0.05) is 12.6 Å². The van der Waals surface area contributed by atoms with Gasteiger partial charge in [0.15, 0.2) is 9.84 Å². The van der Waals surface area contributed by atoms with Crippen LogP contribution >= 0.6 is 0 Å². The number of carbonyl (C=O) groups excluding carboxylic acids is 1. The lowest BCUT2D eigenvalue weighted by Crippen LogP contribution is -2.48. The Morgan fingerprint density at radius 3 is 2.64 bits per heavy atom. The smallest absolute Gasteiger partial charge is 0.244 e. The highest BCUT2D eigenvalue weighted by molar-refractivity contribution is 7.92. The number of hydrogen-bond acceptors (Lipinski definition) is 6. The molecular formula is C24H29N5O3S. The van der Waals surface area contributed by atoms with Crippen molar-refractivity contribution >= 4 is 21.6 Å². The van der Waals surface area contributed by atoms with Crippen molar-refractivity contribution in [3.8, 4) is 6.07 Å². The summed E-state index contributed by atoms with van der Waals surface area (Å²) in [7, 11) is -3.32. The fraction of sp³-hybridized carbons (Fsp3) is 0.542. The van der Waals surface area contributed by atoms with E-state index in [1.54, 1.807) is 0 Å². The van der Waals surface area contributed by atoms with Crippen LogP contribution in [0.4, 0.5) is 5.82 Å². The van der Waals surface area contributed by atoms with Crippen LogP contribution in [-0.2, 0) is 21.2 Å². The van der Waals surface area contributed by atoms with E-state index < -0.39 is 26.7 Å². The quantitative estimate of drug-likeness (QED) is 0.638. The summed E-state index contributed by atoms with van der Waals surface area (Å²) in [5.74, 6) is 0.922. The summed E-state index contributed by atoms with van der Waals surface area (Å²) >= 11 is 0. The molecule has 2 aliphatic carbocycles. The van der Waals surface area contributed by atoms with Crippen LogP contribution in [0.15, 0.2) is 36.4 Å². The summed E-state index contributed by atoms with van der Waals surface area (Å²) in [4.78, 5) is 15.2. The van der Waals surface area contributed by atoms with Crippen LogP contribution in [-0.4, -0.2) is 53.2 Å². The molecule has 5 rings (SSSR count). The number of aryl methyl sites for hydroxylation is 1. The Morgan fingerprint density at radius 1 is 1.27 bits per heavy atom. The van der Waals surface area contributed by atoms with Gasteiger partial charge in [0.05, 0.1) is 29.3 Å². The van der Waals surface area contributed by atoms with E-state index in [1.807, 2.05) is 52.9 Å². The van der Waals surface area contributed by atoms with Gasteiger partial charge in [0.1, 0.15) is 17.4 Å². The van der Waals surface area contributed by atoms with Crippen molar-refractivity contribution in [2.75, 3.05) is 17.2 Å². The van der Waals surface area contributed by atoms with Crippen LogP contribution in [0.5, 0.6) is 0 Å². The number of amides is 1. The van der Waals surface area contributed by atoms with E-state index in [0.717, 1.165) is 29.9 Å². The van der Waals surface area contributed by atoms with Crippen molar-refractivity contribution in [1.82, 2.24) is 15.1 Å². The number of nitrogens with zero attached hydrogens (tertiary/aromatic N) is 4. The molecule has 8 nitrogen and oxygen atoms in total. The molecular weight excluding hydrogens is 438 g/mol. The van der Waals surface area contributed by atoms with Crippen molar-refractivity contribution in [3.63, 3.8) is 0 Å². The number of anilines is 1. The molecule has 3 fully saturated rings. The lowest BCUT2D eigenvalue weighted by molar-refractivity contribution is -0.122. The number of nitrogens with one attached hydrogen (secondary N) is 1. The third-order valence-corrected chi connectivity index (χ3v) is 9.21. The third kappa shape index (κ3) is 4.62. The molecule has 33 heavy (non-hydrogen) atoms. The van der Waals surface area contributed by atoms with Crippen LogP contribution in [0.1, 0.15) is 43.4 Å².